The third-order valence-electron chi connectivity index (χ3n) is 8.60. The minimum absolute atomic E-state index is 0.0997. The first-order valence-corrected chi connectivity index (χ1v) is 16.1. The van der Waals surface area contributed by atoms with Crippen LogP contribution in [-0.2, 0) is 22.6 Å². The Kier molecular flexibility index (Phi) is 7.88. The maximum Gasteiger partial charge on any atom is 0.185 e. The number of pyridine rings is 1. The second-order valence-electron chi connectivity index (χ2n) is 11.1. The molecule has 0 radical (unpaired) electrons. The highest BCUT2D eigenvalue weighted by atomic mass is 32.2. The maximum absolute atomic E-state index is 13.8. The van der Waals surface area contributed by atoms with Crippen LogP contribution in [0.3, 0.4) is 0 Å². The number of anilines is 1. The standard InChI is InChI=1S/C31H35N5O2S2/c1-21-15-24(5-9-32-21)29-26-16-22(3-4-25(26)18-34-29)17-28(38)31(39-2)8-13-35(20-31)19-27(37)23-6-11-36(12-7-23)30-33-10-14-40-30/h3-5,9-10,14-16,23H,6-8,11-13,17-20H2,1-2H3/t31-/m0/s1. The number of nitrogens with zero attached hydrogens (tertiary/aromatic N) is 5. The Morgan fingerprint density at radius 3 is 2.70 bits per heavy atom. The van der Waals surface area contributed by atoms with Crippen molar-refractivity contribution < 1.29 is 9.59 Å². The number of carbonyl (C=O) groups is 2. The van der Waals surface area contributed by atoms with Gasteiger partial charge in [0.1, 0.15) is 5.78 Å². The zero-order chi connectivity index (χ0) is 27.7. The van der Waals surface area contributed by atoms with Gasteiger partial charge in [-0.05, 0) is 61.8 Å². The summed E-state index contributed by atoms with van der Waals surface area (Å²) in [7, 11) is 0. The van der Waals surface area contributed by atoms with E-state index in [-0.39, 0.29) is 11.7 Å². The minimum atomic E-state index is -0.466. The van der Waals surface area contributed by atoms with E-state index in [0.29, 0.717) is 31.8 Å². The molecule has 1 aromatic carbocycles. The third-order valence-corrected chi connectivity index (χ3v) is 10.8. The van der Waals surface area contributed by atoms with Gasteiger partial charge in [0.05, 0.1) is 23.5 Å². The average molecular weight is 574 g/mol. The molecule has 3 aliphatic heterocycles. The van der Waals surface area contributed by atoms with Gasteiger partial charge >= 0.3 is 0 Å². The van der Waals surface area contributed by atoms with Gasteiger partial charge in [-0.1, -0.05) is 12.1 Å². The van der Waals surface area contributed by atoms with Gasteiger partial charge in [-0.2, -0.15) is 0 Å². The lowest BCUT2D eigenvalue weighted by Crippen LogP contribution is -2.42. The first-order chi connectivity index (χ1) is 19.4. The van der Waals surface area contributed by atoms with Gasteiger partial charge in [-0.25, -0.2) is 4.98 Å². The number of rotatable bonds is 9. The first kappa shape index (κ1) is 27.3. The summed E-state index contributed by atoms with van der Waals surface area (Å²) < 4.78 is -0.466. The molecule has 0 aliphatic carbocycles. The topological polar surface area (TPSA) is 78.8 Å². The van der Waals surface area contributed by atoms with Crippen LogP contribution in [0.5, 0.6) is 0 Å². The third kappa shape index (κ3) is 5.51. The minimum Gasteiger partial charge on any atom is -0.348 e. The van der Waals surface area contributed by atoms with E-state index in [9.17, 15) is 9.59 Å². The van der Waals surface area contributed by atoms with Gasteiger partial charge in [0, 0.05) is 73.1 Å². The van der Waals surface area contributed by atoms with Crippen LogP contribution in [0.2, 0.25) is 0 Å². The molecular weight excluding hydrogens is 539 g/mol. The zero-order valence-electron chi connectivity index (χ0n) is 23.1. The lowest BCUT2D eigenvalue weighted by Gasteiger charge is -2.32. The summed E-state index contributed by atoms with van der Waals surface area (Å²) in [6.07, 6.45) is 8.64. The summed E-state index contributed by atoms with van der Waals surface area (Å²) in [6.45, 7) is 6.30. The lowest BCUT2D eigenvalue weighted by atomic mass is 9.92. The van der Waals surface area contributed by atoms with E-state index in [4.69, 9.17) is 4.99 Å². The second-order valence-corrected chi connectivity index (χ2v) is 13.2. The summed E-state index contributed by atoms with van der Waals surface area (Å²) in [5.41, 5.74) is 6.36. The second kappa shape index (κ2) is 11.5. The molecule has 0 bridgehead atoms. The largest absolute Gasteiger partial charge is 0.348 e. The number of likely N-dealkylation sites (tertiary alicyclic amines) is 1. The number of carbonyl (C=O) groups excluding carboxylic acids is 2. The predicted octanol–water partition coefficient (Wildman–Crippen LogP) is 4.60. The Labute approximate surface area is 244 Å². The molecule has 0 unspecified atom stereocenters. The monoisotopic (exact) mass is 573 g/mol. The quantitative estimate of drug-likeness (QED) is 0.370. The molecular formula is C31H35N5O2S2. The molecule has 2 aromatic heterocycles. The molecule has 40 heavy (non-hydrogen) atoms. The Morgan fingerprint density at radius 2 is 1.95 bits per heavy atom. The molecule has 5 heterocycles. The molecule has 0 N–H and O–H groups in total. The number of benzene rings is 1. The van der Waals surface area contributed by atoms with Crippen LogP contribution in [-0.4, -0.2) is 75.9 Å². The molecule has 7 nitrogen and oxygen atoms in total. The van der Waals surface area contributed by atoms with Crippen LogP contribution < -0.4 is 4.90 Å². The number of piperidine rings is 1. The SMILES string of the molecule is CS[C@@]1(C(=O)Cc2ccc3c(c2)C(c2ccnc(C)c2)=NC3)CCN(CC(=O)C2CCN(c3nccs3)CC2)C1. The molecule has 2 saturated heterocycles. The number of aliphatic imine (C=N–C) groups is 1. The highest BCUT2D eigenvalue weighted by Crippen LogP contribution is 2.36. The molecule has 9 heteroatoms. The molecule has 0 saturated carbocycles. The molecule has 3 aliphatic rings. The van der Waals surface area contributed by atoms with Crippen molar-refractivity contribution in [2.75, 3.05) is 43.9 Å². The number of Topliss-reactive ketones (excluding diaryl/α,β-unsaturated/α-hetero) is 2. The fourth-order valence-corrected chi connectivity index (χ4v) is 7.85. The van der Waals surface area contributed by atoms with E-state index in [1.54, 1.807) is 23.1 Å². The summed E-state index contributed by atoms with van der Waals surface area (Å²) in [4.78, 5) is 45.0. The Bertz CT molecular complexity index is 1430. The number of fused-ring (bicyclic) bond motifs is 1. The number of thiazole rings is 1. The number of aromatic nitrogens is 2. The summed E-state index contributed by atoms with van der Waals surface area (Å²) in [5, 5.41) is 3.05. The van der Waals surface area contributed by atoms with Crippen LogP contribution >= 0.6 is 23.1 Å². The van der Waals surface area contributed by atoms with Crippen molar-refractivity contribution in [3.63, 3.8) is 0 Å². The predicted molar refractivity (Wildman–Crippen MR) is 163 cm³/mol. The van der Waals surface area contributed by atoms with Crippen molar-refractivity contribution in [3.8, 4) is 0 Å². The van der Waals surface area contributed by atoms with Gasteiger partial charge in [-0.3, -0.25) is 24.5 Å². The molecule has 3 aromatic rings. The first-order valence-electron chi connectivity index (χ1n) is 14.0. The Balaban J connectivity index is 1.07. The van der Waals surface area contributed by atoms with Crippen molar-refractivity contribution in [2.45, 2.75) is 43.9 Å². The summed E-state index contributed by atoms with van der Waals surface area (Å²) in [5.74, 6) is 0.672. The fourth-order valence-electron chi connectivity index (χ4n) is 6.24. The van der Waals surface area contributed by atoms with Crippen molar-refractivity contribution in [1.29, 1.82) is 0 Å². The van der Waals surface area contributed by atoms with Crippen LogP contribution in [0, 0.1) is 12.8 Å². The number of hydrogen-bond donors (Lipinski definition) is 0. The van der Waals surface area contributed by atoms with E-state index >= 15 is 0 Å². The van der Waals surface area contributed by atoms with E-state index in [1.807, 2.05) is 37.0 Å². The van der Waals surface area contributed by atoms with E-state index in [2.05, 4.69) is 44.0 Å². The van der Waals surface area contributed by atoms with E-state index < -0.39 is 4.75 Å². The van der Waals surface area contributed by atoms with Gasteiger partial charge in [-0.15, -0.1) is 23.1 Å². The molecule has 208 valence electrons. The van der Waals surface area contributed by atoms with Crippen LogP contribution in [0.4, 0.5) is 5.13 Å². The van der Waals surface area contributed by atoms with Gasteiger partial charge < -0.3 is 4.90 Å². The molecule has 6 rings (SSSR count). The van der Waals surface area contributed by atoms with Crippen molar-refractivity contribution in [1.82, 2.24) is 14.9 Å². The Hall–Kier alpha value is -2.88. The molecule has 0 spiro atoms. The van der Waals surface area contributed by atoms with Gasteiger partial charge in [0.2, 0.25) is 0 Å². The maximum atomic E-state index is 13.8. The van der Waals surface area contributed by atoms with Crippen LogP contribution in [0.1, 0.15) is 47.2 Å². The van der Waals surface area contributed by atoms with E-state index in [1.165, 1.54) is 5.56 Å². The molecule has 1 atom stereocenters. The average Bonchev–Trinajstić information content (AvgIpc) is 3.73. The highest BCUT2D eigenvalue weighted by molar-refractivity contribution is 8.00. The highest BCUT2D eigenvalue weighted by Gasteiger charge is 2.44. The lowest BCUT2D eigenvalue weighted by molar-refractivity contribution is -0.125. The van der Waals surface area contributed by atoms with E-state index in [0.717, 1.165) is 72.1 Å². The van der Waals surface area contributed by atoms with Crippen molar-refractivity contribution >= 4 is 45.5 Å². The summed E-state index contributed by atoms with van der Waals surface area (Å²) >= 11 is 3.31. The summed E-state index contributed by atoms with van der Waals surface area (Å²) in [6, 6.07) is 10.4. The van der Waals surface area contributed by atoms with Crippen LogP contribution in [0.15, 0.2) is 53.1 Å². The number of aryl methyl sites for hydroxylation is 1. The zero-order valence-corrected chi connectivity index (χ0v) is 24.8. The number of thioether (sulfide) groups is 1. The molecule has 2 fully saturated rings. The van der Waals surface area contributed by atoms with Gasteiger partial charge in [0.25, 0.3) is 0 Å². The smallest absolute Gasteiger partial charge is 0.185 e. The van der Waals surface area contributed by atoms with Crippen LogP contribution in [0.25, 0.3) is 0 Å². The number of hydrogen-bond acceptors (Lipinski definition) is 9. The normalized spacial score (nSPS) is 21.4. The van der Waals surface area contributed by atoms with Crippen molar-refractivity contribution in [2.24, 2.45) is 10.9 Å². The van der Waals surface area contributed by atoms with Crippen molar-refractivity contribution in [3.05, 3.63) is 76.1 Å². The fraction of sp³-hybridized carbons (Fsp3) is 0.452. The molecule has 0 amide bonds. The van der Waals surface area contributed by atoms with Gasteiger partial charge in [0.15, 0.2) is 10.9 Å². The Morgan fingerprint density at radius 1 is 1.10 bits per heavy atom. The number of ketones is 2.